The minimum Gasteiger partial charge on any atom is -0.455 e. The first-order valence-corrected chi connectivity index (χ1v) is 12.5. The fourth-order valence-corrected chi connectivity index (χ4v) is 3.84. The van der Waals surface area contributed by atoms with Gasteiger partial charge in [0, 0.05) is 18.4 Å². The summed E-state index contributed by atoms with van der Waals surface area (Å²) in [5, 5.41) is 5.31. The summed E-state index contributed by atoms with van der Waals surface area (Å²) in [4.78, 5) is 45.4. The van der Waals surface area contributed by atoms with E-state index in [1.165, 1.54) is 10.5 Å². The third kappa shape index (κ3) is 7.25. The number of H-pyrrole nitrogens is 1. The number of furan rings is 1. The van der Waals surface area contributed by atoms with Gasteiger partial charge in [0.15, 0.2) is 11.6 Å². The van der Waals surface area contributed by atoms with Crippen LogP contribution in [0.3, 0.4) is 0 Å². The summed E-state index contributed by atoms with van der Waals surface area (Å²) < 4.78 is 10.7. The minimum absolute atomic E-state index is 0.0348. The van der Waals surface area contributed by atoms with Crippen molar-refractivity contribution in [1.29, 1.82) is 0 Å². The Labute approximate surface area is 225 Å². The maximum atomic E-state index is 12.8. The van der Waals surface area contributed by atoms with Crippen molar-refractivity contribution in [3.05, 3.63) is 89.6 Å². The van der Waals surface area contributed by atoms with Crippen molar-refractivity contribution in [3.63, 3.8) is 0 Å². The number of carbonyl (C=O) groups is 3. The fourth-order valence-electron chi connectivity index (χ4n) is 3.84. The van der Waals surface area contributed by atoms with Gasteiger partial charge in [0.05, 0.1) is 6.42 Å². The highest BCUT2D eigenvalue weighted by Crippen LogP contribution is 2.24. The Kier molecular flexibility index (Phi) is 8.62. The van der Waals surface area contributed by atoms with Crippen LogP contribution in [0, 0.1) is 0 Å². The van der Waals surface area contributed by atoms with Gasteiger partial charge in [0.25, 0.3) is 11.8 Å². The molecule has 11 heteroatoms. The van der Waals surface area contributed by atoms with Crippen LogP contribution in [0.1, 0.15) is 47.5 Å². The highest BCUT2D eigenvalue weighted by Gasteiger charge is 2.20. The summed E-state index contributed by atoms with van der Waals surface area (Å²) in [6.45, 7) is 2.14. The molecule has 2 aromatic carbocycles. The lowest BCUT2D eigenvalue weighted by atomic mass is 10.1. The van der Waals surface area contributed by atoms with Gasteiger partial charge >= 0.3 is 12.1 Å². The second-order valence-electron chi connectivity index (χ2n) is 8.81. The standard InChI is InChI=1S/C28H30N6O5/c1-3-4-8-18-11-13-19(14-12-18)30-28(37)33-24-25(39-27(29)36)32-23(31-24)17-21-15-16-22(38-21)26(35)34(2)20-9-6-5-7-10-20/h5-7,9-16H,3-4,8,17H2,1-2H3,(H2,29,36)(H,31,32)(H2,30,33,37). The predicted octanol–water partition coefficient (Wildman–Crippen LogP) is 5.31. The number of unbranched alkanes of at least 4 members (excludes halogenated alkanes) is 1. The number of nitrogens with zero attached hydrogens (tertiary/aromatic N) is 2. The third-order valence-corrected chi connectivity index (χ3v) is 5.85. The molecule has 4 aromatic rings. The lowest BCUT2D eigenvalue weighted by Crippen LogP contribution is -2.25. The van der Waals surface area contributed by atoms with Gasteiger partial charge in [-0.05, 0) is 54.8 Å². The molecule has 0 radical (unpaired) electrons. The number of primary amides is 1. The van der Waals surface area contributed by atoms with Crippen LogP contribution in [-0.4, -0.2) is 35.0 Å². The Morgan fingerprint density at radius 1 is 1.03 bits per heavy atom. The number of hydrogen-bond acceptors (Lipinski definition) is 6. The van der Waals surface area contributed by atoms with Crippen molar-refractivity contribution in [2.45, 2.75) is 32.6 Å². The molecular formula is C28H30N6O5. The Balaban J connectivity index is 1.42. The van der Waals surface area contributed by atoms with Gasteiger partial charge in [-0.25, -0.2) is 9.59 Å². The van der Waals surface area contributed by atoms with Crippen LogP contribution in [0.15, 0.2) is 71.1 Å². The van der Waals surface area contributed by atoms with Crippen molar-refractivity contribution < 1.29 is 23.5 Å². The fraction of sp³-hybridized carbons (Fsp3) is 0.214. The number of aryl methyl sites for hydroxylation is 1. The van der Waals surface area contributed by atoms with Gasteiger partial charge < -0.3 is 30.1 Å². The van der Waals surface area contributed by atoms with E-state index in [1.54, 1.807) is 19.2 Å². The van der Waals surface area contributed by atoms with Gasteiger partial charge in [0.1, 0.15) is 11.6 Å². The average molecular weight is 531 g/mol. The molecule has 2 heterocycles. The number of hydrogen-bond donors (Lipinski definition) is 4. The summed E-state index contributed by atoms with van der Waals surface area (Å²) in [6, 6.07) is 19.4. The van der Waals surface area contributed by atoms with Crippen molar-refractivity contribution in [2.75, 3.05) is 22.6 Å². The highest BCUT2D eigenvalue weighted by atomic mass is 16.6. The van der Waals surface area contributed by atoms with E-state index in [-0.39, 0.29) is 29.8 Å². The number of ether oxygens (including phenoxy) is 1. The van der Waals surface area contributed by atoms with E-state index in [9.17, 15) is 14.4 Å². The number of urea groups is 1. The minimum atomic E-state index is -1.09. The number of para-hydroxylation sites is 1. The Bertz CT molecular complexity index is 1430. The molecule has 0 fully saturated rings. The van der Waals surface area contributed by atoms with Gasteiger partial charge in [-0.2, -0.15) is 4.98 Å². The summed E-state index contributed by atoms with van der Waals surface area (Å²) in [7, 11) is 1.66. The Hall–Kier alpha value is -5.06. The second kappa shape index (κ2) is 12.5. The number of anilines is 3. The highest BCUT2D eigenvalue weighted by molar-refractivity contribution is 6.03. The normalized spacial score (nSPS) is 10.6. The number of benzene rings is 2. The molecule has 0 unspecified atom stereocenters. The molecular weight excluding hydrogens is 500 g/mol. The zero-order chi connectivity index (χ0) is 27.8. The first kappa shape index (κ1) is 27.0. The zero-order valence-electron chi connectivity index (χ0n) is 21.7. The maximum Gasteiger partial charge on any atom is 0.411 e. The molecule has 0 aliphatic carbocycles. The summed E-state index contributed by atoms with van der Waals surface area (Å²) in [6.07, 6.45) is 2.21. The van der Waals surface area contributed by atoms with E-state index in [1.807, 2.05) is 54.6 Å². The van der Waals surface area contributed by atoms with Gasteiger partial charge in [0.2, 0.25) is 0 Å². The molecule has 39 heavy (non-hydrogen) atoms. The van der Waals surface area contributed by atoms with Gasteiger partial charge in [-0.3, -0.25) is 10.1 Å². The molecule has 0 aliphatic rings. The molecule has 2 aromatic heterocycles. The largest absolute Gasteiger partial charge is 0.455 e. The Morgan fingerprint density at radius 2 is 1.77 bits per heavy atom. The molecule has 0 aliphatic heterocycles. The van der Waals surface area contributed by atoms with Crippen LogP contribution in [-0.2, 0) is 12.8 Å². The number of rotatable bonds is 10. The molecule has 0 saturated carbocycles. The van der Waals surface area contributed by atoms with E-state index in [2.05, 4.69) is 27.5 Å². The van der Waals surface area contributed by atoms with E-state index in [4.69, 9.17) is 14.9 Å². The number of nitrogens with one attached hydrogen (secondary N) is 3. The number of nitrogens with two attached hydrogens (primary N) is 1. The van der Waals surface area contributed by atoms with Crippen molar-refractivity contribution in [1.82, 2.24) is 9.97 Å². The topological polar surface area (TPSA) is 156 Å². The third-order valence-electron chi connectivity index (χ3n) is 5.85. The molecule has 4 rings (SSSR count). The number of carbonyl (C=O) groups excluding carboxylic acids is 3. The molecule has 5 N–H and O–H groups in total. The number of imidazole rings is 1. The first-order valence-electron chi connectivity index (χ1n) is 12.5. The average Bonchev–Trinajstić information content (AvgIpc) is 3.54. The van der Waals surface area contributed by atoms with E-state index in [0.717, 1.165) is 24.9 Å². The zero-order valence-corrected chi connectivity index (χ0v) is 21.7. The number of aromatic nitrogens is 2. The summed E-state index contributed by atoms with van der Waals surface area (Å²) >= 11 is 0. The molecule has 11 nitrogen and oxygen atoms in total. The number of amides is 4. The van der Waals surface area contributed by atoms with Crippen LogP contribution in [0.2, 0.25) is 0 Å². The first-order chi connectivity index (χ1) is 18.8. The molecule has 202 valence electrons. The lowest BCUT2D eigenvalue weighted by molar-refractivity contribution is 0.0964. The van der Waals surface area contributed by atoms with E-state index in [0.29, 0.717) is 17.3 Å². The lowest BCUT2D eigenvalue weighted by Gasteiger charge is -2.15. The monoisotopic (exact) mass is 530 g/mol. The van der Waals surface area contributed by atoms with Gasteiger partial charge in [-0.15, -0.1) is 0 Å². The predicted molar refractivity (Wildman–Crippen MR) is 147 cm³/mol. The van der Waals surface area contributed by atoms with Crippen molar-refractivity contribution in [2.24, 2.45) is 5.73 Å². The molecule has 0 spiro atoms. The van der Waals surface area contributed by atoms with Crippen LogP contribution in [0.4, 0.5) is 26.8 Å². The molecule has 4 amide bonds. The molecule has 0 saturated heterocycles. The maximum absolute atomic E-state index is 12.8. The van der Waals surface area contributed by atoms with Crippen molar-refractivity contribution >= 4 is 35.2 Å². The summed E-state index contributed by atoms with van der Waals surface area (Å²) in [5.41, 5.74) is 7.67. The molecule has 0 atom stereocenters. The van der Waals surface area contributed by atoms with Crippen LogP contribution >= 0.6 is 0 Å². The smallest absolute Gasteiger partial charge is 0.411 e. The van der Waals surface area contributed by atoms with Crippen LogP contribution in [0.5, 0.6) is 5.88 Å². The van der Waals surface area contributed by atoms with E-state index < -0.39 is 12.1 Å². The SMILES string of the molecule is CCCCc1ccc(NC(=O)Nc2[nH]c(Cc3ccc(C(=O)N(C)c4ccccc4)o3)nc2OC(N)=O)cc1. The Morgan fingerprint density at radius 3 is 2.46 bits per heavy atom. The van der Waals surface area contributed by atoms with Gasteiger partial charge in [-0.1, -0.05) is 43.7 Å². The quantitative estimate of drug-likeness (QED) is 0.218. The van der Waals surface area contributed by atoms with Crippen molar-refractivity contribution in [3.8, 4) is 5.88 Å². The second-order valence-corrected chi connectivity index (χ2v) is 8.81. The van der Waals surface area contributed by atoms with Crippen LogP contribution < -0.4 is 26.0 Å². The number of aromatic amines is 1. The summed E-state index contributed by atoms with van der Waals surface area (Å²) in [5.74, 6) is 0.406. The van der Waals surface area contributed by atoms with E-state index >= 15 is 0 Å². The van der Waals surface area contributed by atoms with Crippen LogP contribution in [0.25, 0.3) is 0 Å². The molecule has 0 bridgehead atoms.